The molecule has 1 aliphatic rings. The number of nitrogens with zero attached hydrogens (tertiary/aromatic N) is 4. The van der Waals surface area contributed by atoms with Crippen LogP contribution >= 0.6 is 11.6 Å². The summed E-state index contributed by atoms with van der Waals surface area (Å²) < 4.78 is 39.5. The summed E-state index contributed by atoms with van der Waals surface area (Å²) in [6.07, 6.45) is -1.52. The number of alkyl halides is 3. The molecule has 13 heteroatoms. The molecule has 5 rings (SSSR count). The van der Waals surface area contributed by atoms with E-state index in [-0.39, 0.29) is 17.4 Å². The van der Waals surface area contributed by atoms with Gasteiger partial charge in [0.2, 0.25) is 5.82 Å². The number of halogens is 4. The number of H-pyrrole nitrogens is 1. The highest BCUT2D eigenvalue weighted by Crippen LogP contribution is 2.36. The van der Waals surface area contributed by atoms with Gasteiger partial charge in [-0.2, -0.15) is 18.4 Å². The molecule has 9 nitrogen and oxygen atoms in total. The Bertz CT molecular complexity index is 1520. The molecule has 0 atom stereocenters. The van der Waals surface area contributed by atoms with Gasteiger partial charge < -0.3 is 15.5 Å². The molecule has 0 radical (unpaired) electrons. The largest absolute Gasteiger partial charge is 0.417 e. The number of rotatable bonds is 5. The number of hydrogen-bond donors (Lipinski definition) is 3. The molecule has 1 aromatic heterocycles. The van der Waals surface area contributed by atoms with E-state index in [0.717, 1.165) is 55.6 Å². The van der Waals surface area contributed by atoms with Crippen LogP contribution in [0.4, 0.5) is 29.3 Å². The first kappa shape index (κ1) is 27.1. The lowest BCUT2D eigenvalue weighted by Crippen LogP contribution is -2.35. The van der Waals surface area contributed by atoms with Crippen molar-refractivity contribution in [2.24, 2.45) is 0 Å². The first-order valence-corrected chi connectivity index (χ1v) is 12.8. The second kappa shape index (κ2) is 11.3. The van der Waals surface area contributed by atoms with Gasteiger partial charge in [-0.1, -0.05) is 29.8 Å². The number of benzene rings is 3. The Balaban J connectivity index is 1.36. The second-order valence-corrected chi connectivity index (χ2v) is 9.60. The summed E-state index contributed by atoms with van der Waals surface area (Å²) in [6, 6.07) is 14.5. The van der Waals surface area contributed by atoms with Gasteiger partial charge in [0, 0.05) is 35.6 Å². The number of urea groups is 1. The molecule has 0 saturated carbocycles. The van der Waals surface area contributed by atoms with Crippen molar-refractivity contribution in [3.63, 3.8) is 0 Å². The fourth-order valence-corrected chi connectivity index (χ4v) is 4.74. The van der Waals surface area contributed by atoms with Crippen LogP contribution in [0.15, 0.2) is 60.7 Å². The van der Waals surface area contributed by atoms with Gasteiger partial charge in [-0.25, -0.2) is 4.79 Å². The standard InChI is InChI=1S/C27H23ClF3N7O2/c28-23-11-9-19(15-22(23)27(29,30)31)33-26(40)32-18-8-10-20(21(14-18)24-34-36-37-35-24)16-4-6-17(7-5-16)25(39)38-12-2-1-3-13-38/h4-11,14-15H,1-3,12-13H2,(H2,32,33,40)(H,34,35,36,37). The van der Waals surface area contributed by atoms with Crippen molar-refractivity contribution in [1.82, 2.24) is 25.5 Å². The molecule has 0 bridgehead atoms. The molecule has 0 aliphatic carbocycles. The van der Waals surface area contributed by atoms with Crippen LogP contribution in [0.3, 0.4) is 0 Å². The Morgan fingerprint density at radius 3 is 2.20 bits per heavy atom. The number of aromatic amines is 1. The summed E-state index contributed by atoms with van der Waals surface area (Å²) in [6.45, 7) is 1.51. The van der Waals surface area contributed by atoms with Crippen LogP contribution in [0.25, 0.3) is 22.5 Å². The van der Waals surface area contributed by atoms with Gasteiger partial charge in [-0.3, -0.25) is 4.79 Å². The van der Waals surface area contributed by atoms with E-state index in [9.17, 15) is 22.8 Å². The van der Waals surface area contributed by atoms with E-state index in [1.54, 1.807) is 30.3 Å². The van der Waals surface area contributed by atoms with E-state index in [0.29, 0.717) is 16.8 Å². The SMILES string of the molecule is O=C(Nc1ccc(-c2ccc(C(=O)N3CCCCC3)cc2)c(-c2nn[nH]n2)c1)Nc1ccc(Cl)c(C(F)(F)F)c1. The van der Waals surface area contributed by atoms with Gasteiger partial charge >= 0.3 is 12.2 Å². The Labute approximate surface area is 231 Å². The number of nitrogens with one attached hydrogen (secondary N) is 3. The van der Waals surface area contributed by atoms with E-state index in [4.69, 9.17) is 11.6 Å². The molecule has 3 aromatic carbocycles. The van der Waals surface area contributed by atoms with Crippen molar-refractivity contribution < 1.29 is 22.8 Å². The first-order valence-electron chi connectivity index (χ1n) is 12.4. The maximum atomic E-state index is 13.2. The highest BCUT2D eigenvalue weighted by molar-refractivity contribution is 6.31. The predicted octanol–water partition coefficient (Wildman–Crippen LogP) is 6.48. The van der Waals surface area contributed by atoms with E-state index in [1.165, 1.54) is 6.07 Å². The van der Waals surface area contributed by atoms with Crippen molar-refractivity contribution in [2.75, 3.05) is 23.7 Å². The molecule has 1 aliphatic heterocycles. The minimum atomic E-state index is -4.67. The average molecular weight is 570 g/mol. The Morgan fingerprint density at radius 1 is 0.875 bits per heavy atom. The third kappa shape index (κ3) is 6.07. The van der Waals surface area contributed by atoms with Crippen LogP contribution in [0.5, 0.6) is 0 Å². The van der Waals surface area contributed by atoms with E-state index < -0.39 is 22.8 Å². The summed E-state index contributed by atoms with van der Waals surface area (Å²) in [7, 11) is 0. The van der Waals surface area contributed by atoms with Crippen molar-refractivity contribution >= 4 is 34.9 Å². The summed E-state index contributed by atoms with van der Waals surface area (Å²) in [5.41, 5.74) is 1.83. The zero-order chi connectivity index (χ0) is 28.3. The monoisotopic (exact) mass is 569 g/mol. The molecule has 1 saturated heterocycles. The number of tetrazole rings is 1. The summed E-state index contributed by atoms with van der Waals surface area (Å²) >= 11 is 5.65. The third-order valence-corrected chi connectivity index (χ3v) is 6.81. The maximum absolute atomic E-state index is 13.2. The predicted molar refractivity (Wildman–Crippen MR) is 144 cm³/mol. The zero-order valence-electron chi connectivity index (χ0n) is 20.9. The van der Waals surface area contributed by atoms with E-state index in [1.807, 2.05) is 17.0 Å². The number of hydrogen-bond acceptors (Lipinski definition) is 5. The molecule has 1 fully saturated rings. The average Bonchev–Trinajstić information content (AvgIpc) is 3.49. The van der Waals surface area contributed by atoms with E-state index >= 15 is 0 Å². The number of piperidine rings is 1. The second-order valence-electron chi connectivity index (χ2n) is 9.20. The van der Waals surface area contributed by atoms with Crippen molar-refractivity contribution in [3.05, 3.63) is 76.8 Å². The Kier molecular flexibility index (Phi) is 7.69. The Hall–Kier alpha value is -4.45. The van der Waals surface area contributed by atoms with Crippen LogP contribution in [0.1, 0.15) is 35.2 Å². The van der Waals surface area contributed by atoms with Crippen molar-refractivity contribution in [3.8, 4) is 22.5 Å². The molecule has 3 amide bonds. The fraction of sp³-hybridized carbons (Fsp3) is 0.222. The molecule has 40 heavy (non-hydrogen) atoms. The maximum Gasteiger partial charge on any atom is 0.417 e. The zero-order valence-corrected chi connectivity index (χ0v) is 21.7. The number of carbonyl (C=O) groups excluding carboxylic acids is 2. The molecular weight excluding hydrogens is 547 g/mol. The third-order valence-electron chi connectivity index (χ3n) is 6.48. The number of carbonyl (C=O) groups is 2. The van der Waals surface area contributed by atoms with Gasteiger partial charge in [0.15, 0.2) is 0 Å². The van der Waals surface area contributed by atoms with E-state index in [2.05, 4.69) is 31.3 Å². The lowest BCUT2D eigenvalue weighted by Gasteiger charge is -2.26. The summed E-state index contributed by atoms with van der Waals surface area (Å²) in [5.74, 6) is 0.262. The minimum absolute atomic E-state index is 0.00163. The summed E-state index contributed by atoms with van der Waals surface area (Å²) in [4.78, 5) is 27.3. The number of aromatic nitrogens is 4. The quantitative estimate of drug-likeness (QED) is 0.254. The highest BCUT2D eigenvalue weighted by Gasteiger charge is 2.33. The van der Waals surface area contributed by atoms with Crippen LogP contribution in [-0.2, 0) is 6.18 Å². The fourth-order valence-electron chi connectivity index (χ4n) is 4.52. The van der Waals surface area contributed by atoms with Crippen LogP contribution < -0.4 is 10.6 Å². The van der Waals surface area contributed by atoms with Gasteiger partial charge in [0.05, 0.1) is 10.6 Å². The van der Waals surface area contributed by atoms with Gasteiger partial charge in [0.1, 0.15) is 0 Å². The van der Waals surface area contributed by atoms with Crippen LogP contribution in [0, 0.1) is 0 Å². The number of amides is 3. The smallest absolute Gasteiger partial charge is 0.339 e. The highest BCUT2D eigenvalue weighted by atomic mass is 35.5. The molecule has 206 valence electrons. The first-order chi connectivity index (χ1) is 19.2. The molecule has 0 spiro atoms. The Morgan fingerprint density at radius 2 is 1.55 bits per heavy atom. The number of likely N-dealkylation sites (tertiary alicyclic amines) is 1. The lowest BCUT2D eigenvalue weighted by atomic mass is 9.97. The minimum Gasteiger partial charge on any atom is -0.339 e. The molecule has 2 heterocycles. The lowest BCUT2D eigenvalue weighted by molar-refractivity contribution is -0.137. The van der Waals surface area contributed by atoms with Gasteiger partial charge in [-0.05, 0) is 78.1 Å². The van der Waals surface area contributed by atoms with Crippen molar-refractivity contribution in [1.29, 1.82) is 0 Å². The van der Waals surface area contributed by atoms with Crippen LogP contribution in [0.2, 0.25) is 5.02 Å². The topological polar surface area (TPSA) is 116 Å². The van der Waals surface area contributed by atoms with Gasteiger partial charge in [0.25, 0.3) is 5.91 Å². The van der Waals surface area contributed by atoms with Gasteiger partial charge in [-0.15, -0.1) is 10.2 Å². The molecular formula is C27H23ClF3N7O2. The molecule has 3 N–H and O–H groups in total. The van der Waals surface area contributed by atoms with Crippen molar-refractivity contribution in [2.45, 2.75) is 25.4 Å². The number of anilines is 2. The molecule has 4 aromatic rings. The molecule has 0 unspecified atom stereocenters. The normalized spacial score (nSPS) is 13.7. The summed E-state index contributed by atoms with van der Waals surface area (Å²) in [5, 5.41) is 18.6. The van der Waals surface area contributed by atoms with Crippen LogP contribution in [-0.4, -0.2) is 50.6 Å².